The highest BCUT2D eigenvalue weighted by molar-refractivity contribution is 5.25. The smallest absolute Gasteiger partial charge is 0.107 e. The Bertz CT molecular complexity index is 248. The molecule has 0 aliphatic rings. The lowest BCUT2D eigenvalue weighted by Crippen LogP contribution is -2.51. The Morgan fingerprint density at radius 2 is 1.54 bits per heavy atom. The first-order valence-electron chi connectivity index (χ1n) is 5.08. The predicted octanol–water partition coefficient (Wildman–Crippen LogP) is 2.50. The van der Waals surface area contributed by atoms with Gasteiger partial charge in [-0.25, -0.2) is 0 Å². The Balaban J connectivity index is 2.81. The number of rotatable bonds is 3. The van der Waals surface area contributed by atoms with Gasteiger partial charge in [0.05, 0.1) is 0 Å². The van der Waals surface area contributed by atoms with Crippen molar-refractivity contribution in [3.8, 4) is 0 Å². The fourth-order valence-electron chi connectivity index (χ4n) is 1.39. The van der Waals surface area contributed by atoms with Gasteiger partial charge in [-0.15, -0.1) is 0 Å². The third-order valence-corrected chi connectivity index (χ3v) is 2.69. The van der Waals surface area contributed by atoms with Crippen LogP contribution in [0.1, 0.15) is 50.3 Å². The fraction of sp³-hybridized carbons (Fsp3) is 0.500. The van der Waals surface area contributed by atoms with E-state index < -0.39 is 0 Å². The Hall–Kier alpha value is -0.820. The number of quaternary nitrogens is 1. The van der Waals surface area contributed by atoms with E-state index in [0.29, 0.717) is 12.0 Å². The van der Waals surface area contributed by atoms with E-state index in [1.807, 2.05) is 0 Å². The molecular weight excluding hydrogens is 158 g/mol. The van der Waals surface area contributed by atoms with E-state index >= 15 is 0 Å². The Labute approximate surface area is 81.0 Å². The van der Waals surface area contributed by atoms with Gasteiger partial charge in [-0.05, 0) is 24.8 Å². The molecule has 0 aliphatic carbocycles. The van der Waals surface area contributed by atoms with Gasteiger partial charge in [0.1, 0.15) is 6.04 Å². The minimum Gasteiger partial charge on any atom is -0.352 e. The third kappa shape index (κ3) is 2.56. The van der Waals surface area contributed by atoms with Gasteiger partial charge >= 0.3 is 0 Å². The molecule has 0 saturated carbocycles. The van der Waals surface area contributed by atoms with E-state index in [-0.39, 0.29) is 0 Å². The van der Waals surface area contributed by atoms with Crippen LogP contribution >= 0.6 is 0 Å². The summed E-state index contributed by atoms with van der Waals surface area (Å²) in [5.41, 5.74) is 6.77. The molecular formula is C12H20N+. The molecule has 0 saturated heterocycles. The Morgan fingerprint density at radius 1 is 1.08 bits per heavy atom. The summed E-state index contributed by atoms with van der Waals surface area (Å²) in [6.07, 6.45) is 1.21. The molecule has 1 aromatic carbocycles. The molecule has 3 N–H and O–H groups in total. The van der Waals surface area contributed by atoms with Crippen molar-refractivity contribution in [1.29, 1.82) is 0 Å². The van der Waals surface area contributed by atoms with Crippen molar-refractivity contribution >= 4 is 0 Å². The highest BCUT2D eigenvalue weighted by Crippen LogP contribution is 2.19. The van der Waals surface area contributed by atoms with Gasteiger partial charge in [-0.2, -0.15) is 0 Å². The summed E-state index contributed by atoms with van der Waals surface area (Å²) in [5.74, 6) is 0.675. The molecule has 1 aromatic rings. The van der Waals surface area contributed by atoms with E-state index in [1.165, 1.54) is 17.5 Å². The molecule has 2 atom stereocenters. The summed E-state index contributed by atoms with van der Waals surface area (Å²) < 4.78 is 0. The zero-order valence-corrected chi connectivity index (χ0v) is 8.88. The first-order valence-corrected chi connectivity index (χ1v) is 5.08. The van der Waals surface area contributed by atoms with Crippen LogP contribution in [0.2, 0.25) is 0 Å². The Morgan fingerprint density at radius 3 is 1.92 bits per heavy atom. The van der Waals surface area contributed by atoms with Crippen LogP contribution in [-0.2, 0) is 0 Å². The zero-order valence-electron chi connectivity index (χ0n) is 8.88. The lowest BCUT2D eigenvalue weighted by atomic mass is 9.96. The van der Waals surface area contributed by atoms with E-state index in [4.69, 9.17) is 0 Å². The molecule has 1 heteroatoms. The van der Waals surface area contributed by atoms with Gasteiger partial charge in [0.15, 0.2) is 0 Å². The van der Waals surface area contributed by atoms with Crippen LogP contribution in [0.3, 0.4) is 0 Å². The minimum absolute atomic E-state index is 0.394. The van der Waals surface area contributed by atoms with Crippen LogP contribution in [0.25, 0.3) is 0 Å². The molecule has 0 radical (unpaired) electrons. The van der Waals surface area contributed by atoms with Gasteiger partial charge in [0.25, 0.3) is 0 Å². The van der Waals surface area contributed by atoms with Crippen LogP contribution in [0, 0.1) is 0 Å². The maximum atomic E-state index is 4.00. The molecule has 0 amide bonds. The quantitative estimate of drug-likeness (QED) is 0.736. The summed E-state index contributed by atoms with van der Waals surface area (Å²) in [5, 5.41) is 0. The maximum absolute atomic E-state index is 4.00. The van der Waals surface area contributed by atoms with E-state index in [9.17, 15) is 0 Å². The molecule has 0 spiro atoms. The van der Waals surface area contributed by atoms with Gasteiger partial charge < -0.3 is 5.73 Å². The second-order valence-corrected chi connectivity index (χ2v) is 3.88. The van der Waals surface area contributed by atoms with Crippen molar-refractivity contribution in [2.75, 3.05) is 0 Å². The van der Waals surface area contributed by atoms with Crippen LogP contribution in [-0.4, -0.2) is 0 Å². The summed E-state index contributed by atoms with van der Waals surface area (Å²) in [7, 11) is 0. The minimum atomic E-state index is 0.394. The van der Waals surface area contributed by atoms with Crippen LogP contribution in [0.4, 0.5) is 0 Å². The molecule has 72 valence electrons. The normalized spacial score (nSPS) is 15.4. The molecule has 0 aromatic heterocycles. The van der Waals surface area contributed by atoms with E-state index in [2.05, 4.69) is 50.8 Å². The average Bonchev–Trinajstić information content (AvgIpc) is 2.17. The third-order valence-electron chi connectivity index (χ3n) is 2.69. The topological polar surface area (TPSA) is 27.6 Å². The standard InChI is InChI=1S/C12H19N/c1-4-9(2)11-5-7-12(8-6-11)10(3)13/h5-10H,4,13H2,1-3H3/p+1/t9-,10+/m1/s1. The second-order valence-electron chi connectivity index (χ2n) is 3.88. The lowest BCUT2D eigenvalue weighted by Gasteiger charge is -2.09. The molecule has 0 aliphatic heterocycles. The lowest BCUT2D eigenvalue weighted by molar-refractivity contribution is -0.420. The molecule has 13 heavy (non-hydrogen) atoms. The van der Waals surface area contributed by atoms with E-state index in [0.717, 1.165) is 0 Å². The second kappa shape index (κ2) is 4.43. The van der Waals surface area contributed by atoms with Crippen LogP contribution in [0.15, 0.2) is 24.3 Å². The summed E-state index contributed by atoms with van der Waals surface area (Å²) in [6.45, 7) is 6.61. The number of hydrogen-bond donors (Lipinski definition) is 1. The van der Waals surface area contributed by atoms with Crippen LogP contribution in [0.5, 0.6) is 0 Å². The first kappa shape index (κ1) is 10.3. The fourth-order valence-corrected chi connectivity index (χ4v) is 1.39. The maximum Gasteiger partial charge on any atom is 0.107 e. The van der Waals surface area contributed by atoms with Crippen molar-refractivity contribution < 1.29 is 5.73 Å². The average molecular weight is 178 g/mol. The van der Waals surface area contributed by atoms with Crippen molar-refractivity contribution in [1.82, 2.24) is 0 Å². The molecule has 1 rings (SSSR count). The van der Waals surface area contributed by atoms with Crippen molar-refractivity contribution in [3.05, 3.63) is 35.4 Å². The van der Waals surface area contributed by atoms with Crippen molar-refractivity contribution in [2.45, 2.75) is 39.2 Å². The summed E-state index contributed by atoms with van der Waals surface area (Å²) in [4.78, 5) is 0. The van der Waals surface area contributed by atoms with Crippen molar-refractivity contribution in [2.24, 2.45) is 0 Å². The number of hydrogen-bond acceptors (Lipinski definition) is 0. The number of benzene rings is 1. The highest BCUT2D eigenvalue weighted by atomic mass is 14.6. The van der Waals surface area contributed by atoms with Crippen LogP contribution < -0.4 is 5.73 Å². The Kier molecular flexibility index (Phi) is 3.49. The molecule has 0 heterocycles. The monoisotopic (exact) mass is 178 g/mol. The molecule has 0 fully saturated rings. The van der Waals surface area contributed by atoms with Gasteiger partial charge in [0, 0.05) is 5.56 Å². The largest absolute Gasteiger partial charge is 0.352 e. The zero-order chi connectivity index (χ0) is 9.84. The summed E-state index contributed by atoms with van der Waals surface area (Å²) in [6, 6.07) is 9.24. The van der Waals surface area contributed by atoms with E-state index in [1.54, 1.807) is 0 Å². The van der Waals surface area contributed by atoms with Gasteiger partial charge in [-0.1, -0.05) is 38.1 Å². The highest BCUT2D eigenvalue weighted by Gasteiger charge is 2.05. The van der Waals surface area contributed by atoms with Gasteiger partial charge in [0.2, 0.25) is 0 Å². The molecule has 1 nitrogen and oxygen atoms in total. The first-order chi connectivity index (χ1) is 6.15. The molecule has 0 bridgehead atoms. The summed E-state index contributed by atoms with van der Waals surface area (Å²) >= 11 is 0. The molecule has 0 unspecified atom stereocenters. The van der Waals surface area contributed by atoms with Gasteiger partial charge in [-0.3, -0.25) is 0 Å². The predicted molar refractivity (Wildman–Crippen MR) is 56.5 cm³/mol. The van der Waals surface area contributed by atoms with Crippen molar-refractivity contribution in [3.63, 3.8) is 0 Å². The SMILES string of the molecule is CC[C@@H](C)c1ccc([C@H](C)[NH3+])cc1.